The van der Waals surface area contributed by atoms with Crippen molar-refractivity contribution in [3.63, 3.8) is 0 Å². The van der Waals surface area contributed by atoms with Gasteiger partial charge in [-0.05, 0) is 5.92 Å². The van der Waals surface area contributed by atoms with E-state index in [4.69, 9.17) is 0 Å². The van der Waals surface area contributed by atoms with Crippen LogP contribution in [0.5, 0.6) is 0 Å². The number of carbonyl (C=O) groups excluding carboxylic acids is 1. The lowest BCUT2D eigenvalue weighted by Gasteiger charge is -2.12. The Kier molecular flexibility index (Phi) is 1.92. The average Bonchev–Trinajstić information content (AvgIpc) is 2.13. The van der Waals surface area contributed by atoms with Crippen molar-refractivity contribution in [2.24, 2.45) is 5.92 Å². The Morgan fingerprint density at radius 2 is 2.30 bits per heavy atom. The molecule has 0 aliphatic carbocycles. The predicted octanol–water partition coefficient (Wildman–Crippen LogP) is 0.869. The van der Waals surface area contributed by atoms with E-state index in [1.807, 2.05) is 13.8 Å². The first-order valence-corrected chi connectivity index (χ1v) is 3.55. The summed E-state index contributed by atoms with van der Waals surface area (Å²) in [6, 6.07) is 0.0440. The first-order valence-electron chi connectivity index (χ1n) is 3.55. The minimum Gasteiger partial charge on any atom is -0.350 e. The highest BCUT2D eigenvalue weighted by atomic mass is 19.1. The molecule has 0 saturated carbocycles. The molecule has 0 unspecified atom stereocenters. The number of amides is 1. The van der Waals surface area contributed by atoms with E-state index in [1.54, 1.807) is 0 Å². The number of hydrogen-bond donors (Lipinski definition) is 1. The molecule has 0 bridgehead atoms. The first-order chi connectivity index (χ1) is 4.61. The molecule has 0 radical (unpaired) electrons. The number of nitrogens with one attached hydrogen (secondary N) is 1. The fourth-order valence-electron chi connectivity index (χ4n) is 1.10. The van der Waals surface area contributed by atoms with Crippen LogP contribution in [0, 0.1) is 5.92 Å². The van der Waals surface area contributed by atoms with Crippen LogP contribution in [0.1, 0.15) is 20.3 Å². The number of hydrogen-bond acceptors (Lipinski definition) is 1. The van der Waals surface area contributed by atoms with Gasteiger partial charge >= 0.3 is 0 Å². The van der Waals surface area contributed by atoms with E-state index in [0.29, 0.717) is 12.3 Å². The number of carbonyl (C=O) groups is 1. The second-order valence-electron chi connectivity index (χ2n) is 3.06. The van der Waals surface area contributed by atoms with Crippen molar-refractivity contribution in [1.29, 1.82) is 0 Å². The Hall–Kier alpha value is -0.600. The van der Waals surface area contributed by atoms with Crippen LogP contribution in [0.4, 0.5) is 4.39 Å². The fraction of sp³-hybridized carbons (Fsp3) is 0.857. The van der Waals surface area contributed by atoms with Gasteiger partial charge in [-0.25, -0.2) is 4.39 Å². The Labute approximate surface area is 59.8 Å². The average molecular weight is 145 g/mol. The summed E-state index contributed by atoms with van der Waals surface area (Å²) in [6.07, 6.45) is -0.927. The van der Waals surface area contributed by atoms with Crippen LogP contribution in [-0.2, 0) is 4.79 Å². The summed E-state index contributed by atoms with van der Waals surface area (Å²) in [5.74, 6) is -0.108. The van der Waals surface area contributed by atoms with E-state index >= 15 is 0 Å². The van der Waals surface area contributed by atoms with Crippen molar-refractivity contribution in [1.82, 2.24) is 5.32 Å². The van der Waals surface area contributed by atoms with Gasteiger partial charge in [0, 0.05) is 12.5 Å². The molecule has 2 nitrogen and oxygen atoms in total. The van der Waals surface area contributed by atoms with Crippen molar-refractivity contribution in [2.45, 2.75) is 32.5 Å². The second-order valence-corrected chi connectivity index (χ2v) is 3.06. The van der Waals surface area contributed by atoms with Crippen molar-refractivity contribution < 1.29 is 9.18 Å². The molecule has 0 aromatic heterocycles. The molecule has 1 saturated heterocycles. The number of halogens is 1. The third kappa shape index (κ3) is 1.28. The van der Waals surface area contributed by atoms with Gasteiger partial charge in [0.2, 0.25) is 0 Å². The summed E-state index contributed by atoms with van der Waals surface area (Å²) >= 11 is 0. The van der Waals surface area contributed by atoms with Crippen LogP contribution in [-0.4, -0.2) is 18.1 Å². The molecule has 1 aliphatic heterocycles. The quantitative estimate of drug-likeness (QED) is 0.582. The summed E-state index contributed by atoms with van der Waals surface area (Å²) in [4.78, 5) is 10.6. The molecule has 10 heavy (non-hydrogen) atoms. The largest absolute Gasteiger partial charge is 0.350 e. The zero-order valence-corrected chi connectivity index (χ0v) is 6.23. The lowest BCUT2D eigenvalue weighted by atomic mass is 10.0. The van der Waals surface area contributed by atoms with Gasteiger partial charge in [-0.15, -0.1) is 0 Å². The topological polar surface area (TPSA) is 29.1 Å². The zero-order chi connectivity index (χ0) is 7.72. The molecule has 3 heteroatoms. The van der Waals surface area contributed by atoms with Gasteiger partial charge in [-0.2, -0.15) is 0 Å². The normalized spacial score (nSPS) is 33.0. The van der Waals surface area contributed by atoms with Gasteiger partial charge in [0.25, 0.3) is 5.91 Å². The summed E-state index contributed by atoms with van der Waals surface area (Å²) in [5.41, 5.74) is 0. The van der Waals surface area contributed by atoms with Gasteiger partial charge in [0.1, 0.15) is 0 Å². The number of alkyl halides is 1. The predicted molar refractivity (Wildman–Crippen MR) is 36.3 cm³/mol. The molecule has 1 heterocycles. The van der Waals surface area contributed by atoms with Gasteiger partial charge in [0.15, 0.2) is 6.17 Å². The number of rotatable bonds is 1. The van der Waals surface area contributed by atoms with Crippen molar-refractivity contribution in [2.75, 3.05) is 0 Å². The second kappa shape index (κ2) is 2.56. The van der Waals surface area contributed by atoms with Gasteiger partial charge < -0.3 is 5.32 Å². The molecule has 1 fully saturated rings. The van der Waals surface area contributed by atoms with Gasteiger partial charge in [-0.3, -0.25) is 4.79 Å². The van der Waals surface area contributed by atoms with Crippen LogP contribution in [0.2, 0.25) is 0 Å². The van der Waals surface area contributed by atoms with Crippen LogP contribution in [0.25, 0.3) is 0 Å². The highest BCUT2D eigenvalue weighted by Gasteiger charge is 2.32. The van der Waals surface area contributed by atoms with Crippen LogP contribution >= 0.6 is 0 Å². The van der Waals surface area contributed by atoms with Gasteiger partial charge in [-0.1, -0.05) is 13.8 Å². The zero-order valence-electron chi connectivity index (χ0n) is 6.23. The summed E-state index contributed by atoms with van der Waals surface area (Å²) in [6.45, 7) is 3.95. The van der Waals surface area contributed by atoms with E-state index in [1.165, 1.54) is 0 Å². The van der Waals surface area contributed by atoms with E-state index < -0.39 is 12.1 Å². The molecule has 1 aliphatic rings. The lowest BCUT2D eigenvalue weighted by Crippen LogP contribution is -2.30. The first kappa shape index (κ1) is 7.51. The minimum atomic E-state index is -1.27. The molecule has 1 rings (SSSR count). The van der Waals surface area contributed by atoms with E-state index in [2.05, 4.69) is 5.32 Å². The van der Waals surface area contributed by atoms with Crippen LogP contribution < -0.4 is 5.32 Å². The minimum absolute atomic E-state index is 0.0440. The molecule has 1 N–H and O–H groups in total. The monoisotopic (exact) mass is 145 g/mol. The maximum Gasteiger partial charge on any atom is 0.254 e. The van der Waals surface area contributed by atoms with Crippen molar-refractivity contribution in [3.8, 4) is 0 Å². The van der Waals surface area contributed by atoms with Gasteiger partial charge in [0.05, 0.1) is 0 Å². The van der Waals surface area contributed by atoms with Crippen LogP contribution in [0.15, 0.2) is 0 Å². The fourth-order valence-corrected chi connectivity index (χ4v) is 1.10. The molecule has 58 valence electrons. The highest BCUT2D eigenvalue weighted by Crippen LogP contribution is 2.17. The maximum absolute atomic E-state index is 12.5. The summed E-state index contributed by atoms with van der Waals surface area (Å²) < 4.78 is 12.5. The van der Waals surface area contributed by atoms with E-state index in [0.717, 1.165) is 0 Å². The maximum atomic E-state index is 12.5. The van der Waals surface area contributed by atoms with E-state index in [-0.39, 0.29) is 6.04 Å². The Morgan fingerprint density at radius 3 is 2.50 bits per heavy atom. The molecule has 1 amide bonds. The molecule has 0 aromatic rings. The van der Waals surface area contributed by atoms with Crippen LogP contribution in [0.3, 0.4) is 0 Å². The summed E-state index contributed by atoms with van der Waals surface area (Å²) in [5, 5.41) is 2.59. The molecule has 0 spiro atoms. The lowest BCUT2D eigenvalue weighted by molar-refractivity contribution is -0.123. The van der Waals surface area contributed by atoms with Crippen molar-refractivity contribution in [3.05, 3.63) is 0 Å². The smallest absolute Gasteiger partial charge is 0.254 e. The third-order valence-electron chi connectivity index (χ3n) is 1.88. The molecular weight excluding hydrogens is 133 g/mol. The van der Waals surface area contributed by atoms with E-state index in [9.17, 15) is 9.18 Å². The third-order valence-corrected chi connectivity index (χ3v) is 1.88. The SMILES string of the molecule is CC(C)[C@@H]1C[C@H](F)C(=O)N1. The standard InChI is InChI=1S/C7H12FNO/c1-4(2)6-3-5(8)7(10)9-6/h4-6H,3H2,1-2H3,(H,9,10)/t5-,6-/m0/s1. The molecule has 0 aromatic carbocycles. The van der Waals surface area contributed by atoms with Crippen molar-refractivity contribution >= 4 is 5.91 Å². The Balaban J connectivity index is 2.49. The Morgan fingerprint density at radius 1 is 1.70 bits per heavy atom. The summed E-state index contributed by atoms with van der Waals surface area (Å²) in [7, 11) is 0. The Bertz CT molecular complexity index is 147. The highest BCUT2D eigenvalue weighted by molar-refractivity contribution is 5.83. The molecular formula is C7H12FNO. The molecule has 2 atom stereocenters.